The second kappa shape index (κ2) is 10.1. The van der Waals surface area contributed by atoms with E-state index in [1.807, 2.05) is 73.7 Å². The minimum absolute atomic E-state index is 0.120. The number of benzene rings is 3. The summed E-state index contributed by atoms with van der Waals surface area (Å²) >= 11 is 0. The molecule has 0 saturated carbocycles. The fourth-order valence-electron chi connectivity index (χ4n) is 3.92. The molecule has 7 heteroatoms. The van der Waals surface area contributed by atoms with Crippen LogP contribution in [0.25, 0.3) is 10.8 Å². The van der Waals surface area contributed by atoms with Crippen molar-refractivity contribution in [3.63, 3.8) is 0 Å². The molecule has 0 saturated heterocycles. The summed E-state index contributed by atoms with van der Waals surface area (Å²) in [6.45, 7) is 1.95. The van der Waals surface area contributed by atoms with Gasteiger partial charge >= 0.3 is 5.97 Å². The summed E-state index contributed by atoms with van der Waals surface area (Å²) < 4.78 is 0. The molecular formula is C27H26N4O3. The third kappa shape index (κ3) is 5.20. The predicted molar refractivity (Wildman–Crippen MR) is 133 cm³/mol. The Kier molecular flexibility index (Phi) is 6.82. The summed E-state index contributed by atoms with van der Waals surface area (Å²) in [5.41, 5.74) is 3.64. The van der Waals surface area contributed by atoms with Gasteiger partial charge in [0.05, 0.1) is 6.42 Å². The Bertz CT molecular complexity index is 1320. The van der Waals surface area contributed by atoms with Gasteiger partial charge in [0.1, 0.15) is 11.6 Å². The molecule has 0 atom stereocenters. The lowest BCUT2D eigenvalue weighted by Gasteiger charge is -2.13. The van der Waals surface area contributed by atoms with Gasteiger partial charge in [-0.3, -0.25) is 9.59 Å². The summed E-state index contributed by atoms with van der Waals surface area (Å²) in [4.78, 5) is 33.1. The van der Waals surface area contributed by atoms with Crippen molar-refractivity contribution in [1.82, 2.24) is 9.97 Å². The number of fused-ring (bicyclic) bond motifs is 1. The van der Waals surface area contributed by atoms with Crippen molar-refractivity contribution in [2.24, 2.45) is 0 Å². The number of nitrogens with zero attached hydrogens (tertiary/aromatic N) is 2. The molecule has 0 bridgehead atoms. The first-order valence-corrected chi connectivity index (χ1v) is 11.1. The predicted octanol–water partition coefficient (Wildman–Crippen LogP) is 4.70. The Balaban J connectivity index is 1.48. The standard InChI is InChI=1S/C27H26N4O3/c1-3-23-22(16-25(32)33)26(28-2)31-24(30-23)14-17-8-12-21(13-9-17)29-27(34)20-11-10-18-6-4-5-7-19(18)15-20/h4-13,15H,3,14,16H2,1-2H3,(H,29,34)(H,32,33)(H,28,30,31). The van der Waals surface area contributed by atoms with Gasteiger partial charge in [0.2, 0.25) is 0 Å². The van der Waals surface area contributed by atoms with E-state index in [4.69, 9.17) is 0 Å². The van der Waals surface area contributed by atoms with Gasteiger partial charge < -0.3 is 15.7 Å². The molecule has 0 aliphatic rings. The number of aliphatic carboxylic acids is 1. The van der Waals surface area contributed by atoms with E-state index >= 15 is 0 Å². The lowest BCUT2D eigenvalue weighted by atomic mass is 10.1. The second-order valence-corrected chi connectivity index (χ2v) is 7.98. The molecule has 0 radical (unpaired) electrons. The molecule has 0 fully saturated rings. The molecule has 4 rings (SSSR count). The van der Waals surface area contributed by atoms with Crippen LogP contribution in [0, 0.1) is 0 Å². The highest BCUT2D eigenvalue weighted by atomic mass is 16.4. The molecule has 0 unspecified atom stereocenters. The lowest BCUT2D eigenvalue weighted by molar-refractivity contribution is -0.136. The van der Waals surface area contributed by atoms with E-state index in [0.29, 0.717) is 41.3 Å². The summed E-state index contributed by atoms with van der Waals surface area (Å²) in [6, 6.07) is 21.1. The Hall–Kier alpha value is -4.26. The fraction of sp³-hybridized carbons (Fsp3) is 0.185. The van der Waals surface area contributed by atoms with Crippen LogP contribution >= 0.6 is 0 Å². The Morgan fingerprint density at radius 3 is 2.35 bits per heavy atom. The topological polar surface area (TPSA) is 104 Å². The number of amides is 1. The average molecular weight is 455 g/mol. The zero-order valence-electron chi connectivity index (χ0n) is 19.1. The number of hydrogen-bond donors (Lipinski definition) is 3. The van der Waals surface area contributed by atoms with E-state index in [0.717, 1.165) is 22.0 Å². The van der Waals surface area contributed by atoms with Crippen LogP contribution in [0.1, 0.15) is 39.9 Å². The van der Waals surface area contributed by atoms with Gasteiger partial charge in [-0.05, 0) is 47.0 Å². The largest absolute Gasteiger partial charge is 0.481 e. The molecule has 34 heavy (non-hydrogen) atoms. The van der Waals surface area contributed by atoms with Gasteiger partial charge in [0, 0.05) is 36.0 Å². The number of aryl methyl sites for hydroxylation is 1. The van der Waals surface area contributed by atoms with Crippen molar-refractivity contribution in [2.75, 3.05) is 17.7 Å². The van der Waals surface area contributed by atoms with E-state index in [-0.39, 0.29) is 12.3 Å². The van der Waals surface area contributed by atoms with Crippen LogP contribution in [0.5, 0.6) is 0 Å². The maximum Gasteiger partial charge on any atom is 0.308 e. The van der Waals surface area contributed by atoms with Crippen molar-refractivity contribution in [2.45, 2.75) is 26.2 Å². The van der Waals surface area contributed by atoms with E-state index in [1.54, 1.807) is 7.05 Å². The van der Waals surface area contributed by atoms with Crippen molar-refractivity contribution in [3.8, 4) is 0 Å². The third-order valence-electron chi connectivity index (χ3n) is 5.62. The van der Waals surface area contributed by atoms with Gasteiger partial charge in [-0.25, -0.2) is 9.97 Å². The van der Waals surface area contributed by atoms with E-state index in [1.165, 1.54) is 0 Å². The quantitative estimate of drug-likeness (QED) is 0.356. The SMILES string of the molecule is CCc1nc(Cc2ccc(NC(=O)c3ccc4ccccc4c3)cc2)nc(NC)c1CC(=O)O. The van der Waals surface area contributed by atoms with Crippen LogP contribution in [0.3, 0.4) is 0 Å². The Labute approximate surface area is 197 Å². The van der Waals surface area contributed by atoms with Crippen LogP contribution in [-0.2, 0) is 24.1 Å². The molecule has 0 aliphatic heterocycles. The number of carboxylic acids is 1. The van der Waals surface area contributed by atoms with Crippen LogP contribution in [0.4, 0.5) is 11.5 Å². The highest BCUT2D eigenvalue weighted by Crippen LogP contribution is 2.21. The highest BCUT2D eigenvalue weighted by Gasteiger charge is 2.16. The van der Waals surface area contributed by atoms with Gasteiger partial charge in [0.25, 0.3) is 5.91 Å². The van der Waals surface area contributed by atoms with Crippen LogP contribution < -0.4 is 10.6 Å². The first-order chi connectivity index (χ1) is 16.5. The van der Waals surface area contributed by atoms with Crippen LogP contribution in [0.15, 0.2) is 66.7 Å². The average Bonchev–Trinajstić information content (AvgIpc) is 2.85. The molecule has 1 amide bonds. The maximum atomic E-state index is 12.7. The molecule has 3 aromatic carbocycles. The van der Waals surface area contributed by atoms with Crippen molar-refractivity contribution >= 4 is 34.2 Å². The van der Waals surface area contributed by atoms with E-state index < -0.39 is 5.97 Å². The minimum Gasteiger partial charge on any atom is -0.481 e. The van der Waals surface area contributed by atoms with Gasteiger partial charge in [0.15, 0.2) is 0 Å². The number of nitrogens with one attached hydrogen (secondary N) is 2. The van der Waals surface area contributed by atoms with E-state index in [9.17, 15) is 14.7 Å². The third-order valence-corrected chi connectivity index (χ3v) is 5.62. The molecule has 7 nitrogen and oxygen atoms in total. The number of carbonyl (C=O) groups excluding carboxylic acids is 1. The molecule has 3 N–H and O–H groups in total. The monoisotopic (exact) mass is 454 g/mol. The van der Waals surface area contributed by atoms with Gasteiger partial charge in [-0.1, -0.05) is 49.4 Å². The Morgan fingerprint density at radius 2 is 1.68 bits per heavy atom. The molecular weight excluding hydrogens is 428 g/mol. The van der Waals surface area contributed by atoms with E-state index in [2.05, 4.69) is 20.6 Å². The molecule has 1 aromatic heterocycles. The lowest BCUT2D eigenvalue weighted by Crippen LogP contribution is -2.13. The highest BCUT2D eigenvalue weighted by molar-refractivity contribution is 6.06. The summed E-state index contributed by atoms with van der Waals surface area (Å²) in [6.07, 6.45) is 0.992. The van der Waals surface area contributed by atoms with Crippen LogP contribution in [0.2, 0.25) is 0 Å². The minimum atomic E-state index is -0.913. The molecule has 4 aromatic rings. The smallest absolute Gasteiger partial charge is 0.308 e. The number of anilines is 2. The van der Waals surface area contributed by atoms with Crippen molar-refractivity contribution in [3.05, 3.63) is 94.9 Å². The van der Waals surface area contributed by atoms with Gasteiger partial charge in [-0.2, -0.15) is 0 Å². The summed E-state index contributed by atoms with van der Waals surface area (Å²) in [5.74, 6) is 0.0813. The zero-order chi connectivity index (χ0) is 24.1. The first-order valence-electron chi connectivity index (χ1n) is 11.1. The summed E-state index contributed by atoms with van der Waals surface area (Å²) in [5, 5.41) is 17.3. The number of carboxylic acid groups (broad SMARTS) is 1. The normalized spacial score (nSPS) is 10.8. The fourth-order valence-corrected chi connectivity index (χ4v) is 3.92. The van der Waals surface area contributed by atoms with Crippen molar-refractivity contribution < 1.29 is 14.7 Å². The number of hydrogen-bond acceptors (Lipinski definition) is 5. The number of aromatic nitrogens is 2. The zero-order valence-corrected chi connectivity index (χ0v) is 19.1. The number of carbonyl (C=O) groups is 2. The van der Waals surface area contributed by atoms with Gasteiger partial charge in [-0.15, -0.1) is 0 Å². The Morgan fingerprint density at radius 1 is 0.941 bits per heavy atom. The number of rotatable bonds is 8. The van der Waals surface area contributed by atoms with Crippen molar-refractivity contribution in [1.29, 1.82) is 0 Å². The summed E-state index contributed by atoms with van der Waals surface area (Å²) in [7, 11) is 1.73. The molecule has 0 spiro atoms. The molecule has 172 valence electrons. The second-order valence-electron chi connectivity index (χ2n) is 7.98. The maximum absolute atomic E-state index is 12.7. The van der Waals surface area contributed by atoms with Crippen LogP contribution in [-0.4, -0.2) is 34.0 Å². The molecule has 0 aliphatic carbocycles. The first kappa shape index (κ1) is 22.9. The molecule has 1 heterocycles.